The van der Waals surface area contributed by atoms with Gasteiger partial charge >= 0.3 is 5.97 Å². The fraction of sp³-hybridized carbons (Fsp3) is 0.385. The van der Waals surface area contributed by atoms with Gasteiger partial charge < -0.3 is 15.7 Å². The average molecular weight is 248 g/mol. The molecule has 3 N–H and O–H groups in total. The van der Waals surface area contributed by atoms with Crippen LogP contribution >= 0.6 is 0 Å². The topological polar surface area (TPSA) is 78.4 Å². The largest absolute Gasteiger partial charge is 0.478 e. The number of hydrogen-bond donors (Lipinski definition) is 3. The van der Waals surface area contributed by atoms with Crippen LogP contribution in [0.1, 0.15) is 28.8 Å². The molecule has 1 unspecified atom stereocenters. The van der Waals surface area contributed by atoms with E-state index < -0.39 is 5.97 Å². The summed E-state index contributed by atoms with van der Waals surface area (Å²) in [6.07, 6.45) is 1.34. The lowest BCUT2D eigenvalue weighted by atomic mass is 10.1. The number of anilines is 1. The van der Waals surface area contributed by atoms with Gasteiger partial charge in [0, 0.05) is 24.7 Å². The fourth-order valence-corrected chi connectivity index (χ4v) is 2.05. The van der Waals surface area contributed by atoms with E-state index in [1.807, 2.05) is 6.92 Å². The molecule has 0 bridgehead atoms. The summed E-state index contributed by atoms with van der Waals surface area (Å²) in [5.74, 6) is -0.891. The first kappa shape index (κ1) is 12.4. The summed E-state index contributed by atoms with van der Waals surface area (Å²) in [4.78, 5) is 22.1. The summed E-state index contributed by atoms with van der Waals surface area (Å²) in [6.45, 7) is 2.46. The Morgan fingerprint density at radius 1 is 1.56 bits per heavy atom. The van der Waals surface area contributed by atoms with E-state index in [-0.39, 0.29) is 17.5 Å². The molecule has 1 amide bonds. The van der Waals surface area contributed by atoms with E-state index in [0.717, 1.165) is 12.0 Å². The van der Waals surface area contributed by atoms with Crippen molar-refractivity contribution in [2.45, 2.75) is 25.8 Å². The van der Waals surface area contributed by atoms with Crippen LogP contribution in [-0.2, 0) is 4.79 Å². The minimum absolute atomic E-state index is 0.0597. The SMILES string of the molecule is Cc1ccc(C(=O)O)c(NCC2CCC(=O)N2)c1. The predicted octanol–water partition coefficient (Wildman–Crippen LogP) is 1.38. The van der Waals surface area contributed by atoms with Crippen molar-refractivity contribution in [3.05, 3.63) is 29.3 Å². The Morgan fingerprint density at radius 3 is 2.94 bits per heavy atom. The van der Waals surface area contributed by atoms with Crippen molar-refractivity contribution in [3.63, 3.8) is 0 Å². The number of carbonyl (C=O) groups is 2. The van der Waals surface area contributed by atoms with Crippen molar-refractivity contribution in [1.29, 1.82) is 0 Å². The van der Waals surface area contributed by atoms with Crippen LogP contribution in [0.5, 0.6) is 0 Å². The minimum Gasteiger partial charge on any atom is -0.478 e. The molecule has 2 rings (SSSR count). The molecule has 1 aliphatic rings. The summed E-state index contributed by atoms with van der Waals surface area (Å²) in [6, 6.07) is 5.25. The number of nitrogens with one attached hydrogen (secondary N) is 2. The second-order valence-electron chi connectivity index (χ2n) is 4.54. The lowest BCUT2D eigenvalue weighted by Crippen LogP contribution is -2.32. The molecule has 0 saturated carbocycles. The van der Waals surface area contributed by atoms with Crippen molar-refractivity contribution >= 4 is 17.6 Å². The first-order valence-electron chi connectivity index (χ1n) is 5.93. The Bertz CT molecular complexity index is 485. The maximum Gasteiger partial charge on any atom is 0.337 e. The third kappa shape index (κ3) is 2.80. The van der Waals surface area contributed by atoms with Crippen LogP contribution in [-0.4, -0.2) is 29.6 Å². The van der Waals surface area contributed by atoms with Crippen molar-refractivity contribution < 1.29 is 14.7 Å². The molecule has 0 radical (unpaired) electrons. The number of aryl methyl sites for hydroxylation is 1. The first-order chi connectivity index (χ1) is 8.56. The molecular formula is C13H16N2O3. The number of carboxylic acids is 1. The molecular weight excluding hydrogens is 232 g/mol. The van der Waals surface area contributed by atoms with Gasteiger partial charge in [-0.05, 0) is 31.0 Å². The number of benzene rings is 1. The zero-order chi connectivity index (χ0) is 13.1. The molecule has 0 aliphatic carbocycles. The van der Waals surface area contributed by atoms with Gasteiger partial charge in [0.1, 0.15) is 0 Å². The number of carbonyl (C=O) groups excluding carboxylic acids is 1. The van der Waals surface area contributed by atoms with E-state index in [1.54, 1.807) is 18.2 Å². The van der Waals surface area contributed by atoms with Crippen molar-refractivity contribution in [3.8, 4) is 0 Å². The molecule has 0 aromatic heterocycles. The molecule has 1 aliphatic heterocycles. The Balaban J connectivity index is 2.06. The summed E-state index contributed by atoms with van der Waals surface area (Å²) >= 11 is 0. The molecule has 1 aromatic carbocycles. The molecule has 1 atom stereocenters. The third-order valence-electron chi connectivity index (χ3n) is 3.03. The van der Waals surface area contributed by atoms with Crippen molar-refractivity contribution in [2.24, 2.45) is 0 Å². The highest BCUT2D eigenvalue weighted by molar-refractivity contribution is 5.94. The van der Waals surface area contributed by atoms with Crippen LogP contribution in [0.15, 0.2) is 18.2 Å². The van der Waals surface area contributed by atoms with Gasteiger partial charge in [-0.2, -0.15) is 0 Å². The van der Waals surface area contributed by atoms with Crippen LogP contribution in [0.25, 0.3) is 0 Å². The van der Waals surface area contributed by atoms with Gasteiger partial charge in [0.25, 0.3) is 0 Å². The molecule has 96 valence electrons. The van der Waals surface area contributed by atoms with Crippen LogP contribution < -0.4 is 10.6 Å². The zero-order valence-corrected chi connectivity index (χ0v) is 10.2. The van der Waals surface area contributed by atoms with Crippen LogP contribution in [0.4, 0.5) is 5.69 Å². The number of carboxylic acid groups (broad SMARTS) is 1. The van der Waals surface area contributed by atoms with Crippen LogP contribution in [0, 0.1) is 6.92 Å². The van der Waals surface area contributed by atoms with E-state index in [2.05, 4.69) is 10.6 Å². The smallest absolute Gasteiger partial charge is 0.337 e. The first-order valence-corrected chi connectivity index (χ1v) is 5.93. The lowest BCUT2D eigenvalue weighted by molar-refractivity contribution is -0.119. The monoisotopic (exact) mass is 248 g/mol. The molecule has 5 nitrogen and oxygen atoms in total. The Kier molecular flexibility index (Phi) is 3.50. The van der Waals surface area contributed by atoms with Crippen molar-refractivity contribution in [2.75, 3.05) is 11.9 Å². The summed E-state index contributed by atoms with van der Waals surface area (Å²) in [5, 5.41) is 15.0. The summed E-state index contributed by atoms with van der Waals surface area (Å²) in [5.41, 5.74) is 1.85. The maximum atomic E-state index is 11.1. The predicted molar refractivity (Wildman–Crippen MR) is 67.8 cm³/mol. The van der Waals surface area contributed by atoms with Gasteiger partial charge in [0.05, 0.1) is 5.56 Å². The quantitative estimate of drug-likeness (QED) is 0.752. The molecule has 5 heteroatoms. The number of rotatable bonds is 4. The van der Waals surface area contributed by atoms with E-state index in [1.165, 1.54) is 0 Å². The number of hydrogen-bond acceptors (Lipinski definition) is 3. The van der Waals surface area contributed by atoms with Crippen LogP contribution in [0.3, 0.4) is 0 Å². The van der Waals surface area contributed by atoms with Gasteiger partial charge in [0.15, 0.2) is 0 Å². The minimum atomic E-state index is -0.951. The number of aromatic carboxylic acids is 1. The number of amides is 1. The van der Waals surface area contributed by atoms with Gasteiger partial charge in [-0.3, -0.25) is 4.79 Å². The van der Waals surface area contributed by atoms with Gasteiger partial charge in [0.2, 0.25) is 5.91 Å². The second kappa shape index (κ2) is 5.08. The highest BCUT2D eigenvalue weighted by Crippen LogP contribution is 2.18. The molecule has 18 heavy (non-hydrogen) atoms. The van der Waals surface area contributed by atoms with Crippen LogP contribution in [0.2, 0.25) is 0 Å². The molecule has 1 fully saturated rings. The van der Waals surface area contributed by atoms with E-state index in [0.29, 0.717) is 18.7 Å². The highest BCUT2D eigenvalue weighted by Gasteiger charge is 2.20. The average Bonchev–Trinajstić information content (AvgIpc) is 2.72. The molecule has 0 spiro atoms. The Morgan fingerprint density at radius 2 is 2.33 bits per heavy atom. The van der Waals surface area contributed by atoms with Gasteiger partial charge in [-0.25, -0.2) is 4.79 Å². The lowest BCUT2D eigenvalue weighted by Gasteiger charge is -2.14. The highest BCUT2D eigenvalue weighted by atomic mass is 16.4. The van der Waals surface area contributed by atoms with Gasteiger partial charge in [-0.15, -0.1) is 0 Å². The fourth-order valence-electron chi connectivity index (χ4n) is 2.05. The van der Waals surface area contributed by atoms with E-state index in [4.69, 9.17) is 5.11 Å². The zero-order valence-electron chi connectivity index (χ0n) is 10.2. The van der Waals surface area contributed by atoms with Gasteiger partial charge in [-0.1, -0.05) is 6.07 Å². The van der Waals surface area contributed by atoms with E-state index >= 15 is 0 Å². The standard InChI is InChI=1S/C13H16N2O3/c1-8-2-4-10(13(17)18)11(6-8)14-7-9-3-5-12(16)15-9/h2,4,6,9,14H,3,5,7H2,1H3,(H,15,16)(H,17,18). The third-order valence-corrected chi connectivity index (χ3v) is 3.03. The summed E-state index contributed by atoms with van der Waals surface area (Å²) in [7, 11) is 0. The Labute approximate surface area is 105 Å². The maximum absolute atomic E-state index is 11.1. The summed E-state index contributed by atoms with van der Waals surface area (Å²) < 4.78 is 0. The molecule has 1 aromatic rings. The van der Waals surface area contributed by atoms with Crippen molar-refractivity contribution in [1.82, 2.24) is 5.32 Å². The second-order valence-corrected chi connectivity index (χ2v) is 4.54. The van der Waals surface area contributed by atoms with E-state index in [9.17, 15) is 9.59 Å². The Hall–Kier alpha value is -2.04. The molecule has 1 heterocycles. The molecule has 1 saturated heterocycles. The normalized spacial score (nSPS) is 18.5.